The van der Waals surface area contributed by atoms with Crippen LogP contribution in [0, 0.1) is 10.1 Å². The predicted molar refractivity (Wildman–Crippen MR) is 85.0 cm³/mol. The molecule has 0 fully saturated rings. The molecule has 1 heterocycles. The summed E-state index contributed by atoms with van der Waals surface area (Å²) in [6, 6.07) is 5.50. The number of hydrogen-bond donors (Lipinski definition) is 0. The molecule has 0 unspecified atom stereocenters. The van der Waals surface area contributed by atoms with Gasteiger partial charge in [0.1, 0.15) is 10.1 Å². The minimum atomic E-state index is -0.545. The number of non-ortho nitro benzene ring substituents is 1. The Morgan fingerprint density at radius 3 is 2.67 bits per heavy atom. The lowest BCUT2D eigenvalue weighted by atomic mass is 10.2. The number of nitrogens with zero attached hydrogens (tertiary/aromatic N) is 1. The van der Waals surface area contributed by atoms with E-state index in [1.807, 2.05) is 0 Å². The summed E-state index contributed by atoms with van der Waals surface area (Å²) in [5.74, 6) is -0.156. The lowest BCUT2D eigenvalue weighted by Gasteiger charge is -2.07. The van der Waals surface area contributed by atoms with Gasteiger partial charge in [0.05, 0.1) is 25.4 Å². The van der Waals surface area contributed by atoms with Gasteiger partial charge in [-0.3, -0.25) is 14.9 Å². The summed E-state index contributed by atoms with van der Waals surface area (Å²) in [6.45, 7) is -0.299. The fraction of sp³-hybridized carbons (Fsp3) is 0.0833. The lowest BCUT2D eigenvalue weighted by Crippen LogP contribution is -2.11. The number of carbonyl (C=O) groups is 1. The first-order chi connectivity index (χ1) is 9.88. The van der Waals surface area contributed by atoms with E-state index in [4.69, 9.17) is 27.9 Å². The molecule has 9 heteroatoms. The monoisotopic (exact) mass is 409 g/mol. The van der Waals surface area contributed by atoms with Crippen LogP contribution in [0.25, 0.3) is 0 Å². The SMILES string of the molecule is O=C(COc1cc([N+](=O)[O-])ccc1Br)c1cc(Cl)sc1Cl. The average Bonchev–Trinajstić information content (AvgIpc) is 2.76. The van der Waals surface area contributed by atoms with Crippen LogP contribution in [0.2, 0.25) is 8.67 Å². The van der Waals surface area contributed by atoms with Crippen LogP contribution in [0.3, 0.4) is 0 Å². The summed E-state index contributed by atoms with van der Waals surface area (Å²) in [6.07, 6.45) is 0. The van der Waals surface area contributed by atoms with Crippen LogP contribution in [-0.2, 0) is 0 Å². The van der Waals surface area contributed by atoms with Gasteiger partial charge < -0.3 is 4.74 Å². The van der Waals surface area contributed by atoms with Gasteiger partial charge in [-0.15, -0.1) is 11.3 Å². The first-order valence-electron chi connectivity index (χ1n) is 5.43. The van der Waals surface area contributed by atoms with Crippen LogP contribution in [-0.4, -0.2) is 17.3 Å². The lowest BCUT2D eigenvalue weighted by molar-refractivity contribution is -0.384. The Balaban J connectivity index is 2.13. The number of carbonyl (C=O) groups excluding carboxylic acids is 1. The van der Waals surface area contributed by atoms with Crippen LogP contribution in [0.15, 0.2) is 28.7 Å². The minimum absolute atomic E-state index is 0.128. The summed E-state index contributed by atoms with van der Waals surface area (Å²) >= 11 is 15.9. The number of nitro benzene ring substituents is 1. The maximum atomic E-state index is 12.0. The van der Waals surface area contributed by atoms with E-state index in [9.17, 15) is 14.9 Å². The van der Waals surface area contributed by atoms with E-state index >= 15 is 0 Å². The molecular formula is C12H6BrCl2NO4S. The molecular weight excluding hydrogens is 405 g/mol. The van der Waals surface area contributed by atoms with Gasteiger partial charge in [0.25, 0.3) is 5.69 Å². The molecule has 1 aromatic heterocycles. The van der Waals surface area contributed by atoms with Gasteiger partial charge in [0, 0.05) is 6.07 Å². The second-order valence-corrected chi connectivity index (χ2v) is 6.96. The number of nitro groups is 1. The molecule has 0 aliphatic heterocycles. The molecule has 0 saturated heterocycles. The largest absolute Gasteiger partial charge is 0.484 e. The van der Waals surface area contributed by atoms with Gasteiger partial charge in [-0.25, -0.2) is 0 Å². The summed E-state index contributed by atoms with van der Waals surface area (Å²) in [5.41, 5.74) is 0.144. The molecule has 0 atom stereocenters. The Kier molecular flexibility index (Phi) is 5.21. The average molecular weight is 411 g/mol. The third-order valence-corrected chi connectivity index (χ3v) is 4.58. The highest BCUT2D eigenvalue weighted by molar-refractivity contribution is 9.10. The third kappa shape index (κ3) is 3.94. The molecule has 0 aliphatic carbocycles. The van der Waals surface area contributed by atoms with Crippen molar-refractivity contribution in [3.05, 3.63) is 53.1 Å². The quantitative estimate of drug-likeness (QED) is 0.395. The second kappa shape index (κ2) is 6.74. The van der Waals surface area contributed by atoms with E-state index in [2.05, 4.69) is 15.9 Å². The van der Waals surface area contributed by atoms with Gasteiger partial charge in [-0.1, -0.05) is 23.2 Å². The topological polar surface area (TPSA) is 69.4 Å². The molecule has 0 amide bonds. The molecule has 5 nitrogen and oxygen atoms in total. The molecule has 2 rings (SSSR count). The van der Waals surface area contributed by atoms with Crippen LogP contribution < -0.4 is 4.74 Å². The zero-order valence-corrected chi connectivity index (χ0v) is 14.1. The van der Waals surface area contributed by atoms with E-state index in [1.54, 1.807) is 0 Å². The molecule has 0 saturated carbocycles. The van der Waals surface area contributed by atoms with Crippen molar-refractivity contribution in [1.29, 1.82) is 0 Å². The third-order valence-electron chi connectivity index (χ3n) is 2.44. The van der Waals surface area contributed by atoms with Gasteiger partial charge in [0.2, 0.25) is 5.78 Å². The molecule has 1 aromatic carbocycles. The highest BCUT2D eigenvalue weighted by atomic mass is 79.9. The zero-order valence-electron chi connectivity index (χ0n) is 10.1. The number of Topliss-reactive ketones (excluding diaryl/α,β-unsaturated/α-hetero) is 1. The van der Waals surface area contributed by atoms with Crippen molar-refractivity contribution in [2.75, 3.05) is 6.61 Å². The minimum Gasteiger partial charge on any atom is -0.484 e. The molecule has 2 aromatic rings. The van der Waals surface area contributed by atoms with Crippen molar-refractivity contribution in [1.82, 2.24) is 0 Å². The smallest absolute Gasteiger partial charge is 0.273 e. The summed E-state index contributed by atoms with van der Waals surface area (Å²) < 4.78 is 6.51. The maximum absolute atomic E-state index is 12.0. The summed E-state index contributed by atoms with van der Waals surface area (Å²) in [5, 5.41) is 10.7. The van der Waals surface area contributed by atoms with Gasteiger partial charge in [-0.05, 0) is 28.1 Å². The second-order valence-electron chi connectivity index (χ2n) is 3.82. The van der Waals surface area contributed by atoms with Crippen molar-refractivity contribution >= 4 is 61.9 Å². The first-order valence-corrected chi connectivity index (χ1v) is 7.80. The Morgan fingerprint density at radius 2 is 2.10 bits per heavy atom. The predicted octanol–water partition coefficient (Wildman–Crippen LogP) is 4.99. The van der Waals surface area contributed by atoms with Crippen LogP contribution in [0.1, 0.15) is 10.4 Å². The highest BCUT2D eigenvalue weighted by Gasteiger charge is 2.16. The van der Waals surface area contributed by atoms with E-state index < -0.39 is 4.92 Å². The van der Waals surface area contributed by atoms with Crippen molar-refractivity contribution in [3.8, 4) is 5.75 Å². The Hall–Kier alpha value is -1.15. The number of thiophene rings is 1. The number of halogens is 3. The zero-order chi connectivity index (χ0) is 15.6. The first kappa shape index (κ1) is 16.2. The highest BCUT2D eigenvalue weighted by Crippen LogP contribution is 2.32. The summed E-state index contributed by atoms with van der Waals surface area (Å²) in [7, 11) is 0. The van der Waals surface area contributed by atoms with Gasteiger partial charge in [0.15, 0.2) is 6.61 Å². The molecule has 0 bridgehead atoms. The molecule has 110 valence electrons. The number of ether oxygens (including phenoxy) is 1. The van der Waals surface area contributed by atoms with Crippen molar-refractivity contribution < 1.29 is 14.5 Å². The van der Waals surface area contributed by atoms with Crippen molar-refractivity contribution in [3.63, 3.8) is 0 Å². The maximum Gasteiger partial charge on any atom is 0.273 e. The Bertz CT molecular complexity index is 719. The van der Waals surface area contributed by atoms with Gasteiger partial charge >= 0.3 is 0 Å². The molecule has 0 spiro atoms. The standard InChI is InChI=1S/C12H6BrCl2NO4S/c13-8-2-1-6(16(18)19)3-10(8)20-5-9(17)7-4-11(14)21-12(7)15/h1-4H,5H2. The molecule has 0 N–H and O–H groups in total. The normalized spacial score (nSPS) is 10.4. The molecule has 0 aliphatic rings. The Labute approximate surface area is 141 Å². The fourth-order valence-electron chi connectivity index (χ4n) is 1.47. The fourth-order valence-corrected chi connectivity index (χ4v) is 3.33. The molecule has 21 heavy (non-hydrogen) atoms. The number of benzene rings is 1. The molecule has 0 radical (unpaired) electrons. The number of rotatable bonds is 5. The summed E-state index contributed by atoms with van der Waals surface area (Å²) in [4.78, 5) is 22.1. The van der Waals surface area contributed by atoms with E-state index in [0.717, 1.165) is 11.3 Å². The van der Waals surface area contributed by atoms with Crippen LogP contribution in [0.4, 0.5) is 5.69 Å². The van der Waals surface area contributed by atoms with Crippen molar-refractivity contribution in [2.24, 2.45) is 0 Å². The number of ketones is 1. The van der Waals surface area contributed by atoms with E-state index in [0.29, 0.717) is 8.81 Å². The van der Waals surface area contributed by atoms with E-state index in [1.165, 1.54) is 24.3 Å². The van der Waals surface area contributed by atoms with E-state index in [-0.39, 0.29) is 33.7 Å². The Morgan fingerprint density at radius 1 is 1.38 bits per heavy atom. The van der Waals surface area contributed by atoms with Crippen LogP contribution >= 0.6 is 50.5 Å². The van der Waals surface area contributed by atoms with Crippen molar-refractivity contribution in [2.45, 2.75) is 0 Å². The number of hydrogen-bond acceptors (Lipinski definition) is 5. The van der Waals surface area contributed by atoms with Gasteiger partial charge in [-0.2, -0.15) is 0 Å². The van der Waals surface area contributed by atoms with Crippen LogP contribution in [0.5, 0.6) is 5.75 Å².